The van der Waals surface area contributed by atoms with Crippen LogP contribution >= 0.6 is 0 Å². The average Bonchev–Trinajstić information content (AvgIpc) is 2.18. The van der Waals surface area contributed by atoms with Gasteiger partial charge in [-0.1, -0.05) is 29.8 Å². The Morgan fingerprint density at radius 3 is 2.20 bits per heavy atom. The zero-order valence-corrected chi connectivity index (χ0v) is 8.65. The Balaban J connectivity index is 2.91. The standard InChI is InChI=1S/C12H12O3/c1-8-3-5-10(6-4-8)11(13)7-9(2)12(14)15/h3-7H,1-2H3,(H,14,15)/b9-7-. The van der Waals surface area contributed by atoms with Crippen molar-refractivity contribution in [2.75, 3.05) is 0 Å². The summed E-state index contributed by atoms with van der Waals surface area (Å²) in [5.41, 5.74) is 1.60. The summed E-state index contributed by atoms with van der Waals surface area (Å²) >= 11 is 0. The van der Waals surface area contributed by atoms with Gasteiger partial charge in [0.15, 0.2) is 5.78 Å². The van der Waals surface area contributed by atoms with Crippen LogP contribution in [0.15, 0.2) is 35.9 Å². The molecule has 0 aromatic heterocycles. The third kappa shape index (κ3) is 3.06. The molecule has 78 valence electrons. The van der Waals surface area contributed by atoms with Crippen molar-refractivity contribution >= 4 is 11.8 Å². The van der Waals surface area contributed by atoms with Crippen molar-refractivity contribution in [3.8, 4) is 0 Å². The summed E-state index contributed by atoms with van der Waals surface area (Å²) in [6.45, 7) is 3.32. The molecule has 1 aromatic carbocycles. The maximum atomic E-state index is 11.5. The Morgan fingerprint density at radius 1 is 1.20 bits per heavy atom. The van der Waals surface area contributed by atoms with Gasteiger partial charge < -0.3 is 5.11 Å². The zero-order chi connectivity index (χ0) is 11.4. The smallest absolute Gasteiger partial charge is 0.331 e. The second-order valence-electron chi connectivity index (χ2n) is 3.36. The largest absolute Gasteiger partial charge is 0.478 e. The average molecular weight is 204 g/mol. The Kier molecular flexibility index (Phi) is 3.39. The molecule has 3 nitrogen and oxygen atoms in total. The van der Waals surface area contributed by atoms with Gasteiger partial charge in [0, 0.05) is 11.1 Å². The molecule has 0 aliphatic heterocycles. The predicted molar refractivity (Wildman–Crippen MR) is 56.9 cm³/mol. The summed E-state index contributed by atoms with van der Waals surface area (Å²) in [4.78, 5) is 22.0. The van der Waals surface area contributed by atoms with Crippen LogP contribution in [0, 0.1) is 6.92 Å². The molecule has 0 saturated heterocycles. The summed E-state index contributed by atoms with van der Waals surface area (Å²) < 4.78 is 0. The number of hydrogen-bond acceptors (Lipinski definition) is 2. The van der Waals surface area contributed by atoms with Crippen molar-refractivity contribution in [2.24, 2.45) is 0 Å². The summed E-state index contributed by atoms with van der Waals surface area (Å²) in [6.07, 6.45) is 1.13. The van der Waals surface area contributed by atoms with Gasteiger partial charge in [-0.15, -0.1) is 0 Å². The highest BCUT2D eigenvalue weighted by Crippen LogP contribution is 2.06. The molecule has 1 N–H and O–H groups in total. The van der Waals surface area contributed by atoms with Crippen molar-refractivity contribution in [1.29, 1.82) is 0 Å². The molecule has 1 rings (SSSR count). The van der Waals surface area contributed by atoms with Crippen molar-refractivity contribution in [3.63, 3.8) is 0 Å². The number of carbonyl (C=O) groups is 2. The molecule has 0 fully saturated rings. The van der Waals surface area contributed by atoms with Crippen LogP contribution in [0.1, 0.15) is 22.8 Å². The number of ketones is 1. The van der Waals surface area contributed by atoms with Gasteiger partial charge in [-0.25, -0.2) is 4.79 Å². The Hall–Kier alpha value is -1.90. The van der Waals surface area contributed by atoms with Gasteiger partial charge >= 0.3 is 5.97 Å². The minimum Gasteiger partial charge on any atom is -0.478 e. The van der Waals surface area contributed by atoms with Gasteiger partial charge in [-0.3, -0.25) is 4.79 Å². The van der Waals surface area contributed by atoms with Gasteiger partial charge in [0.25, 0.3) is 0 Å². The third-order valence-electron chi connectivity index (χ3n) is 2.02. The van der Waals surface area contributed by atoms with E-state index in [0.717, 1.165) is 11.6 Å². The highest BCUT2D eigenvalue weighted by atomic mass is 16.4. The van der Waals surface area contributed by atoms with Gasteiger partial charge in [0.2, 0.25) is 0 Å². The Morgan fingerprint density at radius 2 is 1.73 bits per heavy atom. The number of aliphatic carboxylic acids is 1. The minimum absolute atomic E-state index is 0.0422. The van der Waals surface area contributed by atoms with Crippen molar-refractivity contribution in [2.45, 2.75) is 13.8 Å². The van der Waals surface area contributed by atoms with Gasteiger partial charge in [-0.2, -0.15) is 0 Å². The summed E-state index contributed by atoms with van der Waals surface area (Å²) in [5, 5.41) is 8.60. The molecule has 0 amide bonds. The van der Waals surface area contributed by atoms with Crippen LogP contribution in [-0.4, -0.2) is 16.9 Å². The fourth-order valence-electron chi connectivity index (χ4n) is 1.06. The topological polar surface area (TPSA) is 54.4 Å². The van der Waals surface area contributed by atoms with Crippen molar-refractivity contribution in [3.05, 3.63) is 47.0 Å². The fourth-order valence-corrected chi connectivity index (χ4v) is 1.06. The van der Waals surface area contributed by atoms with E-state index in [1.165, 1.54) is 6.92 Å². The number of carboxylic acids is 1. The number of hydrogen-bond donors (Lipinski definition) is 1. The molecule has 0 atom stereocenters. The number of carboxylic acid groups (broad SMARTS) is 1. The normalized spacial score (nSPS) is 11.2. The molecule has 15 heavy (non-hydrogen) atoms. The molecular weight excluding hydrogens is 192 g/mol. The minimum atomic E-state index is -1.07. The van der Waals surface area contributed by atoms with Crippen LogP contribution in [0.25, 0.3) is 0 Å². The van der Waals surface area contributed by atoms with Crippen LogP contribution in [0.5, 0.6) is 0 Å². The van der Waals surface area contributed by atoms with Crippen LogP contribution < -0.4 is 0 Å². The molecular formula is C12H12O3. The molecule has 0 spiro atoms. The second-order valence-corrected chi connectivity index (χ2v) is 3.36. The van der Waals surface area contributed by atoms with E-state index in [-0.39, 0.29) is 11.4 Å². The van der Waals surface area contributed by atoms with Crippen molar-refractivity contribution in [1.82, 2.24) is 0 Å². The van der Waals surface area contributed by atoms with E-state index in [9.17, 15) is 9.59 Å². The molecule has 0 heterocycles. The molecule has 0 aliphatic carbocycles. The predicted octanol–water partition coefficient (Wildman–Crippen LogP) is 2.21. The first-order valence-electron chi connectivity index (χ1n) is 4.53. The Labute approximate surface area is 88.0 Å². The number of benzene rings is 1. The second kappa shape index (κ2) is 4.55. The number of carbonyl (C=O) groups excluding carboxylic acids is 1. The molecule has 0 saturated carbocycles. The lowest BCUT2D eigenvalue weighted by atomic mass is 10.1. The lowest BCUT2D eigenvalue weighted by Gasteiger charge is -1.97. The highest BCUT2D eigenvalue weighted by molar-refractivity contribution is 6.08. The van der Waals surface area contributed by atoms with E-state index in [2.05, 4.69) is 0 Å². The SMILES string of the molecule is C/C(=C/C(=O)c1ccc(C)cc1)C(=O)O. The number of aryl methyl sites for hydroxylation is 1. The van der Waals surface area contributed by atoms with Crippen LogP contribution in [0.2, 0.25) is 0 Å². The van der Waals surface area contributed by atoms with E-state index in [1.54, 1.807) is 12.1 Å². The van der Waals surface area contributed by atoms with Crippen LogP contribution in [0.4, 0.5) is 0 Å². The first-order valence-corrected chi connectivity index (χ1v) is 4.53. The molecule has 0 aliphatic rings. The Bertz CT molecular complexity index is 413. The van der Waals surface area contributed by atoms with E-state index in [4.69, 9.17) is 5.11 Å². The van der Waals surface area contributed by atoms with E-state index in [0.29, 0.717) is 5.56 Å². The third-order valence-corrected chi connectivity index (χ3v) is 2.02. The molecule has 0 radical (unpaired) electrons. The maximum Gasteiger partial charge on any atom is 0.331 e. The lowest BCUT2D eigenvalue weighted by molar-refractivity contribution is -0.132. The van der Waals surface area contributed by atoms with E-state index in [1.807, 2.05) is 19.1 Å². The van der Waals surface area contributed by atoms with Crippen LogP contribution in [-0.2, 0) is 4.79 Å². The number of rotatable bonds is 3. The lowest BCUT2D eigenvalue weighted by Crippen LogP contribution is -2.01. The van der Waals surface area contributed by atoms with Crippen LogP contribution in [0.3, 0.4) is 0 Å². The van der Waals surface area contributed by atoms with E-state index < -0.39 is 5.97 Å². The van der Waals surface area contributed by atoms with Gasteiger partial charge in [0.05, 0.1) is 0 Å². The molecule has 0 bridgehead atoms. The highest BCUT2D eigenvalue weighted by Gasteiger charge is 2.06. The fraction of sp³-hybridized carbons (Fsp3) is 0.167. The number of allylic oxidation sites excluding steroid dienone is 1. The quantitative estimate of drug-likeness (QED) is 0.606. The molecule has 1 aromatic rings. The summed E-state index contributed by atoms with van der Waals surface area (Å²) in [6, 6.07) is 7.00. The molecule has 0 unspecified atom stereocenters. The van der Waals surface area contributed by atoms with Gasteiger partial charge in [-0.05, 0) is 19.9 Å². The van der Waals surface area contributed by atoms with Crippen molar-refractivity contribution < 1.29 is 14.7 Å². The first-order chi connectivity index (χ1) is 7.00. The first kappa shape index (κ1) is 11.2. The maximum absolute atomic E-state index is 11.5. The zero-order valence-electron chi connectivity index (χ0n) is 8.65. The summed E-state index contributed by atoms with van der Waals surface area (Å²) in [7, 11) is 0. The van der Waals surface area contributed by atoms with Gasteiger partial charge in [0.1, 0.15) is 0 Å². The van der Waals surface area contributed by atoms with E-state index >= 15 is 0 Å². The molecule has 3 heteroatoms. The monoisotopic (exact) mass is 204 g/mol. The summed E-state index contributed by atoms with van der Waals surface area (Å²) in [5.74, 6) is -1.36.